The zero-order valence-electron chi connectivity index (χ0n) is 6.67. The van der Waals surface area contributed by atoms with Crippen molar-refractivity contribution in [2.24, 2.45) is 9.98 Å². The van der Waals surface area contributed by atoms with E-state index >= 15 is 0 Å². The average molecular weight is 141 g/mol. The Kier molecular flexibility index (Phi) is 5.97. The normalized spacial score (nSPS) is 13.8. The van der Waals surface area contributed by atoms with Gasteiger partial charge >= 0.3 is 0 Å². The number of hydrogen-bond donors (Lipinski definition) is 1. The summed E-state index contributed by atoms with van der Waals surface area (Å²) in [6.07, 6.45) is 1.48. The molecule has 0 rings (SSSR count). The highest BCUT2D eigenvalue weighted by Gasteiger charge is 1.93. The van der Waals surface area contributed by atoms with Crippen LogP contribution in [0.2, 0.25) is 0 Å². The van der Waals surface area contributed by atoms with Crippen molar-refractivity contribution >= 4 is 13.1 Å². The Morgan fingerprint density at radius 3 is 2.90 bits per heavy atom. The van der Waals surface area contributed by atoms with Crippen molar-refractivity contribution in [1.29, 1.82) is 0 Å². The lowest BCUT2D eigenvalue weighted by molar-refractivity contribution is 0.578. The monoisotopic (exact) mass is 141 g/mol. The van der Waals surface area contributed by atoms with E-state index in [0.717, 1.165) is 13.1 Å². The Balaban J connectivity index is 3.28. The molecular formula is C7H15N3. The Labute approximate surface area is 62.3 Å². The molecule has 58 valence electrons. The maximum absolute atomic E-state index is 3.99. The van der Waals surface area contributed by atoms with Crippen LogP contribution in [0.4, 0.5) is 0 Å². The van der Waals surface area contributed by atoms with Gasteiger partial charge < -0.3 is 5.32 Å². The van der Waals surface area contributed by atoms with Gasteiger partial charge in [-0.2, -0.15) is 0 Å². The predicted octanol–water partition coefficient (Wildman–Crippen LogP) is 0.713. The van der Waals surface area contributed by atoms with Crippen LogP contribution in [0, 0.1) is 0 Å². The Hall–Kier alpha value is -0.700. The standard InChI is InChI=1S/C7H15N3/c1-4-10-7(2)5-9-6-8-3/h6-7,10H,3-5H2,1-2H3/b9-6-. The molecule has 0 spiro atoms. The van der Waals surface area contributed by atoms with Crippen LogP contribution in [-0.2, 0) is 0 Å². The smallest absolute Gasteiger partial charge is 0.109 e. The molecule has 0 aliphatic heterocycles. The molecule has 3 heteroatoms. The molecule has 0 saturated heterocycles. The van der Waals surface area contributed by atoms with Crippen LogP contribution in [0.25, 0.3) is 0 Å². The molecule has 0 bridgehead atoms. The van der Waals surface area contributed by atoms with Gasteiger partial charge in [0.25, 0.3) is 0 Å². The lowest BCUT2D eigenvalue weighted by Crippen LogP contribution is -2.28. The Morgan fingerprint density at radius 1 is 1.70 bits per heavy atom. The van der Waals surface area contributed by atoms with E-state index < -0.39 is 0 Å². The third-order valence-corrected chi connectivity index (χ3v) is 1.10. The highest BCUT2D eigenvalue weighted by atomic mass is 14.9. The van der Waals surface area contributed by atoms with Gasteiger partial charge in [-0.1, -0.05) is 6.92 Å². The maximum atomic E-state index is 3.99. The lowest BCUT2D eigenvalue weighted by Gasteiger charge is -2.06. The predicted molar refractivity (Wildman–Crippen MR) is 46.0 cm³/mol. The fraction of sp³-hybridized carbons (Fsp3) is 0.714. The number of hydrogen-bond acceptors (Lipinski definition) is 2. The van der Waals surface area contributed by atoms with E-state index in [0.29, 0.717) is 6.04 Å². The van der Waals surface area contributed by atoms with E-state index in [4.69, 9.17) is 0 Å². The average Bonchev–Trinajstić information content (AvgIpc) is 1.89. The minimum atomic E-state index is 0.433. The SMILES string of the molecule is C=N/C=N\CC(C)NCC. The molecule has 0 aliphatic rings. The highest BCUT2D eigenvalue weighted by Crippen LogP contribution is 1.80. The van der Waals surface area contributed by atoms with Crippen molar-refractivity contribution in [2.45, 2.75) is 19.9 Å². The van der Waals surface area contributed by atoms with Crippen LogP contribution in [0.3, 0.4) is 0 Å². The fourth-order valence-corrected chi connectivity index (χ4v) is 0.676. The van der Waals surface area contributed by atoms with Crippen molar-refractivity contribution < 1.29 is 0 Å². The van der Waals surface area contributed by atoms with E-state index in [2.05, 4.69) is 35.9 Å². The van der Waals surface area contributed by atoms with Gasteiger partial charge in [0.15, 0.2) is 0 Å². The molecule has 0 radical (unpaired) electrons. The zero-order chi connectivity index (χ0) is 7.82. The van der Waals surface area contributed by atoms with Crippen LogP contribution in [0.1, 0.15) is 13.8 Å². The molecule has 0 aromatic heterocycles. The third-order valence-electron chi connectivity index (χ3n) is 1.10. The van der Waals surface area contributed by atoms with Crippen molar-refractivity contribution in [3.05, 3.63) is 0 Å². The molecule has 0 aliphatic carbocycles. The third kappa shape index (κ3) is 5.44. The number of nitrogens with zero attached hydrogens (tertiary/aromatic N) is 2. The fourth-order valence-electron chi connectivity index (χ4n) is 0.676. The van der Waals surface area contributed by atoms with Crippen molar-refractivity contribution in [1.82, 2.24) is 5.32 Å². The van der Waals surface area contributed by atoms with Gasteiger partial charge in [-0.25, -0.2) is 0 Å². The van der Waals surface area contributed by atoms with Gasteiger partial charge in [0.05, 0.1) is 6.54 Å². The summed E-state index contributed by atoms with van der Waals surface area (Å²) in [6.45, 7) is 9.20. The number of aliphatic imine (C=N–C) groups is 2. The maximum Gasteiger partial charge on any atom is 0.109 e. The van der Waals surface area contributed by atoms with Crippen LogP contribution in [0.5, 0.6) is 0 Å². The summed E-state index contributed by atoms with van der Waals surface area (Å²) >= 11 is 0. The molecular weight excluding hydrogens is 126 g/mol. The summed E-state index contributed by atoms with van der Waals surface area (Å²) in [5.74, 6) is 0. The molecule has 0 aromatic carbocycles. The molecule has 3 nitrogen and oxygen atoms in total. The van der Waals surface area contributed by atoms with Gasteiger partial charge in [-0.05, 0) is 20.2 Å². The first-order valence-electron chi connectivity index (χ1n) is 3.48. The van der Waals surface area contributed by atoms with Crippen LogP contribution in [-0.4, -0.2) is 32.2 Å². The summed E-state index contributed by atoms with van der Waals surface area (Å²) in [5, 5.41) is 3.23. The topological polar surface area (TPSA) is 36.8 Å². The lowest BCUT2D eigenvalue weighted by atomic mass is 10.3. The first-order valence-corrected chi connectivity index (χ1v) is 3.48. The van der Waals surface area contributed by atoms with Crippen LogP contribution < -0.4 is 5.32 Å². The van der Waals surface area contributed by atoms with Crippen molar-refractivity contribution in [3.63, 3.8) is 0 Å². The van der Waals surface area contributed by atoms with Crippen LogP contribution >= 0.6 is 0 Å². The number of nitrogens with one attached hydrogen (secondary N) is 1. The van der Waals surface area contributed by atoms with Gasteiger partial charge in [-0.3, -0.25) is 9.98 Å². The number of rotatable bonds is 5. The van der Waals surface area contributed by atoms with Gasteiger partial charge in [0.2, 0.25) is 0 Å². The quantitative estimate of drug-likeness (QED) is 0.444. The van der Waals surface area contributed by atoms with E-state index in [1.54, 1.807) is 0 Å². The summed E-state index contributed by atoms with van der Waals surface area (Å²) in [7, 11) is 0. The highest BCUT2D eigenvalue weighted by molar-refractivity contribution is 5.61. The van der Waals surface area contributed by atoms with Crippen molar-refractivity contribution in [2.75, 3.05) is 13.1 Å². The summed E-state index contributed by atoms with van der Waals surface area (Å²) in [5.41, 5.74) is 0. The second kappa shape index (κ2) is 6.42. The van der Waals surface area contributed by atoms with Gasteiger partial charge in [0, 0.05) is 6.04 Å². The Morgan fingerprint density at radius 2 is 2.40 bits per heavy atom. The molecule has 0 aromatic rings. The second-order valence-corrected chi connectivity index (χ2v) is 2.12. The molecule has 1 N–H and O–H groups in total. The zero-order valence-corrected chi connectivity index (χ0v) is 6.67. The minimum Gasteiger partial charge on any atom is -0.313 e. The first kappa shape index (κ1) is 9.30. The molecule has 10 heavy (non-hydrogen) atoms. The second-order valence-electron chi connectivity index (χ2n) is 2.12. The molecule has 1 atom stereocenters. The van der Waals surface area contributed by atoms with E-state index in [1.807, 2.05) is 0 Å². The van der Waals surface area contributed by atoms with Gasteiger partial charge in [0.1, 0.15) is 6.34 Å². The molecule has 0 heterocycles. The number of likely N-dealkylation sites (N-methyl/N-ethyl adjacent to an activating group) is 1. The molecule has 0 fully saturated rings. The van der Waals surface area contributed by atoms with E-state index in [-0.39, 0.29) is 0 Å². The van der Waals surface area contributed by atoms with E-state index in [9.17, 15) is 0 Å². The molecule has 0 saturated carbocycles. The van der Waals surface area contributed by atoms with Crippen molar-refractivity contribution in [3.8, 4) is 0 Å². The summed E-state index contributed by atoms with van der Waals surface area (Å²) in [6, 6.07) is 0.433. The van der Waals surface area contributed by atoms with E-state index in [1.165, 1.54) is 6.34 Å². The minimum absolute atomic E-state index is 0.433. The van der Waals surface area contributed by atoms with Crippen LogP contribution in [0.15, 0.2) is 9.98 Å². The molecule has 0 amide bonds. The summed E-state index contributed by atoms with van der Waals surface area (Å²) in [4.78, 5) is 7.49. The van der Waals surface area contributed by atoms with Gasteiger partial charge in [-0.15, -0.1) is 0 Å². The first-order chi connectivity index (χ1) is 4.81. The summed E-state index contributed by atoms with van der Waals surface area (Å²) < 4.78 is 0. The molecule has 1 unspecified atom stereocenters. The largest absolute Gasteiger partial charge is 0.313 e. The Bertz CT molecular complexity index is 109.